The lowest BCUT2D eigenvalue weighted by Gasteiger charge is -2.31. The minimum atomic E-state index is 0.342. The Balaban J connectivity index is 1.24. The van der Waals surface area contributed by atoms with Gasteiger partial charge in [-0.05, 0) is 63.2 Å². The van der Waals surface area contributed by atoms with Gasteiger partial charge in [-0.2, -0.15) is 0 Å². The van der Waals surface area contributed by atoms with Gasteiger partial charge in [0, 0.05) is 42.2 Å². The van der Waals surface area contributed by atoms with Crippen molar-refractivity contribution in [1.82, 2.24) is 19.9 Å². The van der Waals surface area contributed by atoms with Crippen molar-refractivity contribution >= 4 is 11.3 Å². The molecule has 0 aliphatic carbocycles. The van der Waals surface area contributed by atoms with Crippen LogP contribution in [0.15, 0.2) is 18.3 Å². The number of aromatic nitrogens is 3. The third-order valence-corrected chi connectivity index (χ3v) is 6.67. The molecule has 2 aliphatic rings. The van der Waals surface area contributed by atoms with Gasteiger partial charge < -0.3 is 10.5 Å². The van der Waals surface area contributed by atoms with Crippen LogP contribution in [0, 0.1) is 5.92 Å². The molecule has 6 nitrogen and oxygen atoms in total. The first-order valence-corrected chi connectivity index (χ1v) is 10.6. The number of nitrogens with two attached hydrogens (primary N) is 1. The standard InChI is InChI=1S/C19H29N5OS/c20-11-16-13-24(22-21-16)12-15-6-8-23(9-7-15)14-17-4-5-19(26-17)18-3-1-2-10-25-18/h4-5,13,15,18H,1-3,6-12,14,20H2/t18-/m0/s1. The van der Waals surface area contributed by atoms with Gasteiger partial charge in [0.2, 0.25) is 0 Å². The molecule has 142 valence electrons. The molecule has 1 atom stereocenters. The van der Waals surface area contributed by atoms with Gasteiger partial charge in [-0.3, -0.25) is 9.58 Å². The van der Waals surface area contributed by atoms with Crippen molar-refractivity contribution < 1.29 is 4.74 Å². The predicted molar refractivity (Wildman–Crippen MR) is 103 cm³/mol. The molecule has 2 fully saturated rings. The molecule has 2 aliphatic heterocycles. The molecule has 2 aromatic rings. The Bertz CT molecular complexity index is 686. The van der Waals surface area contributed by atoms with Crippen molar-refractivity contribution in [2.75, 3.05) is 19.7 Å². The number of hydrogen-bond acceptors (Lipinski definition) is 6. The van der Waals surface area contributed by atoms with Gasteiger partial charge in [0.05, 0.1) is 11.8 Å². The zero-order valence-corrected chi connectivity index (χ0v) is 16.2. The van der Waals surface area contributed by atoms with E-state index >= 15 is 0 Å². The topological polar surface area (TPSA) is 69.2 Å². The van der Waals surface area contributed by atoms with Crippen molar-refractivity contribution in [3.05, 3.63) is 33.8 Å². The number of likely N-dealkylation sites (tertiary alicyclic amines) is 1. The third-order valence-electron chi connectivity index (χ3n) is 5.51. The van der Waals surface area contributed by atoms with Crippen LogP contribution in [0.5, 0.6) is 0 Å². The fourth-order valence-corrected chi connectivity index (χ4v) is 5.09. The van der Waals surface area contributed by atoms with Gasteiger partial charge >= 0.3 is 0 Å². The van der Waals surface area contributed by atoms with Gasteiger partial charge in [-0.1, -0.05) is 5.21 Å². The second kappa shape index (κ2) is 8.61. The third kappa shape index (κ3) is 4.52. The Morgan fingerprint density at radius 2 is 2.08 bits per heavy atom. The van der Waals surface area contributed by atoms with Crippen LogP contribution in [0.4, 0.5) is 0 Å². The molecule has 4 heterocycles. The summed E-state index contributed by atoms with van der Waals surface area (Å²) >= 11 is 1.94. The van der Waals surface area contributed by atoms with Crippen molar-refractivity contribution in [2.45, 2.75) is 57.8 Å². The summed E-state index contributed by atoms with van der Waals surface area (Å²) in [7, 11) is 0. The summed E-state index contributed by atoms with van der Waals surface area (Å²) in [6.45, 7) is 5.75. The maximum Gasteiger partial charge on any atom is 0.0962 e. The van der Waals surface area contributed by atoms with E-state index in [9.17, 15) is 0 Å². The summed E-state index contributed by atoms with van der Waals surface area (Å²) in [5, 5.41) is 8.26. The number of piperidine rings is 1. The highest BCUT2D eigenvalue weighted by molar-refractivity contribution is 7.12. The predicted octanol–water partition coefficient (Wildman–Crippen LogP) is 2.95. The molecule has 0 spiro atoms. The quantitative estimate of drug-likeness (QED) is 0.841. The monoisotopic (exact) mass is 375 g/mol. The van der Waals surface area contributed by atoms with Gasteiger partial charge in [-0.25, -0.2) is 0 Å². The van der Waals surface area contributed by atoms with Crippen LogP contribution in [0.2, 0.25) is 0 Å². The largest absolute Gasteiger partial charge is 0.373 e. The van der Waals surface area contributed by atoms with Crippen LogP contribution in [0.25, 0.3) is 0 Å². The Morgan fingerprint density at radius 1 is 1.19 bits per heavy atom. The van der Waals surface area contributed by atoms with Crippen LogP contribution < -0.4 is 5.73 Å². The lowest BCUT2D eigenvalue weighted by molar-refractivity contribution is 0.0172. The summed E-state index contributed by atoms with van der Waals surface area (Å²) in [4.78, 5) is 5.47. The molecule has 0 bridgehead atoms. The second-order valence-electron chi connectivity index (χ2n) is 7.51. The van der Waals surface area contributed by atoms with Crippen LogP contribution in [0.1, 0.15) is 53.7 Å². The Labute approximate surface area is 159 Å². The smallest absolute Gasteiger partial charge is 0.0962 e. The van der Waals surface area contributed by atoms with E-state index in [2.05, 4.69) is 27.3 Å². The average Bonchev–Trinajstić information content (AvgIpc) is 3.33. The maximum absolute atomic E-state index is 5.92. The zero-order chi connectivity index (χ0) is 17.8. The van der Waals surface area contributed by atoms with E-state index in [-0.39, 0.29) is 0 Å². The van der Waals surface area contributed by atoms with Crippen LogP contribution in [-0.4, -0.2) is 39.6 Å². The van der Waals surface area contributed by atoms with Crippen molar-refractivity contribution in [1.29, 1.82) is 0 Å². The number of nitrogens with zero attached hydrogens (tertiary/aromatic N) is 4. The van der Waals surface area contributed by atoms with Crippen molar-refractivity contribution in [2.24, 2.45) is 11.7 Å². The number of thiophene rings is 1. The molecule has 7 heteroatoms. The Morgan fingerprint density at radius 3 is 2.81 bits per heavy atom. The summed E-state index contributed by atoms with van der Waals surface area (Å²) in [5.41, 5.74) is 6.48. The number of ether oxygens (including phenoxy) is 1. The Kier molecular flexibility index (Phi) is 5.99. The SMILES string of the molecule is NCc1cn(CC2CCN(Cc3ccc([C@@H]4CCCCO4)s3)CC2)nn1. The highest BCUT2D eigenvalue weighted by atomic mass is 32.1. The lowest BCUT2D eigenvalue weighted by Crippen LogP contribution is -2.34. The summed E-state index contributed by atoms with van der Waals surface area (Å²) in [6.07, 6.45) is 8.46. The molecule has 0 saturated carbocycles. The van der Waals surface area contributed by atoms with Crippen LogP contribution >= 0.6 is 11.3 Å². The van der Waals surface area contributed by atoms with E-state index in [0.717, 1.165) is 38.5 Å². The minimum absolute atomic E-state index is 0.342. The molecule has 0 radical (unpaired) electrons. The first-order chi connectivity index (χ1) is 12.8. The Hall–Kier alpha value is -1.28. The first kappa shape index (κ1) is 18.1. The highest BCUT2D eigenvalue weighted by Gasteiger charge is 2.22. The molecule has 0 unspecified atom stereocenters. The number of rotatable bonds is 6. The van der Waals surface area contributed by atoms with E-state index in [4.69, 9.17) is 10.5 Å². The van der Waals surface area contributed by atoms with E-state index in [1.54, 1.807) is 0 Å². The zero-order valence-electron chi connectivity index (χ0n) is 15.3. The highest BCUT2D eigenvalue weighted by Crippen LogP contribution is 2.33. The van der Waals surface area contributed by atoms with E-state index < -0.39 is 0 Å². The van der Waals surface area contributed by atoms with Crippen molar-refractivity contribution in [3.8, 4) is 0 Å². The van der Waals surface area contributed by atoms with Gasteiger partial charge in [0.1, 0.15) is 0 Å². The second-order valence-corrected chi connectivity index (χ2v) is 8.71. The summed E-state index contributed by atoms with van der Waals surface area (Å²) in [5.74, 6) is 0.688. The average molecular weight is 376 g/mol. The number of hydrogen-bond donors (Lipinski definition) is 1. The molecule has 0 aromatic carbocycles. The molecule has 26 heavy (non-hydrogen) atoms. The summed E-state index contributed by atoms with van der Waals surface area (Å²) in [6, 6.07) is 4.58. The maximum atomic E-state index is 5.92. The molecule has 4 rings (SSSR count). The molecule has 2 saturated heterocycles. The molecule has 2 aromatic heterocycles. The lowest BCUT2D eigenvalue weighted by atomic mass is 9.97. The van der Waals surface area contributed by atoms with Gasteiger partial charge in [-0.15, -0.1) is 16.4 Å². The summed E-state index contributed by atoms with van der Waals surface area (Å²) < 4.78 is 7.88. The first-order valence-electron chi connectivity index (χ1n) is 9.82. The normalized spacial score (nSPS) is 22.7. The minimum Gasteiger partial charge on any atom is -0.373 e. The van der Waals surface area contributed by atoms with Crippen molar-refractivity contribution in [3.63, 3.8) is 0 Å². The van der Waals surface area contributed by atoms with E-state index in [1.165, 1.54) is 41.9 Å². The van der Waals surface area contributed by atoms with Crippen LogP contribution in [0.3, 0.4) is 0 Å². The van der Waals surface area contributed by atoms with Gasteiger partial charge in [0.25, 0.3) is 0 Å². The molecule has 0 amide bonds. The fraction of sp³-hybridized carbons (Fsp3) is 0.684. The molecule has 2 N–H and O–H groups in total. The molecular formula is C19H29N5OS. The molecular weight excluding hydrogens is 346 g/mol. The van der Waals surface area contributed by atoms with E-state index in [0.29, 0.717) is 18.6 Å². The fourth-order valence-electron chi connectivity index (χ4n) is 3.95. The van der Waals surface area contributed by atoms with E-state index in [1.807, 2.05) is 22.2 Å². The van der Waals surface area contributed by atoms with Crippen LogP contribution in [-0.2, 0) is 24.4 Å². The van der Waals surface area contributed by atoms with Gasteiger partial charge in [0.15, 0.2) is 0 Å².